The number of hydrogen-bond acceptors (Lipinski definition) is 7. The molecule has 8 nitrogen and oxygen atoms in total. The number of rotatable bonds is 7. The molecule has 0 spiro atoms. The van der Waals surface area contributed by atoms with Crippen LogP contribution in [0.3, 0.4) is 0 Å². The number of fused-ring (bicyclic) bond motifs is 3. The molecule has 1 atom stereocenters. The average molecular weight is 477 g/mol. The quantitative estimate of drug-likeness (QED) is 0.507. The molecule has 0 bridgehead atoms. The number of ether oxygens (including phenoxy) is 3. The standard InChI is InChI=1S/C22H21ClN2O6S/c1-11-12(2)32-20(24-11)21-25-10-14(22(27)28)17(26)8-16(25)13-7-15(23)19(9-18(13)31-21)30-6-4-5-29-3/h7-10,21H,4-6H2,1-3H3,(H,27,28). The topological polar surface area (TPSA) is 99.9 Å². The predicted octanol–water partition coefficient (Wildman–Crippen LogP) is 4.29. The van der Waals surface area contributed by atoms with Gasteiger partial charge in [-0.15, -0.1) is 11.3 Å². The lowest BCUT2D eigenvalue weighted by molar-refractivity contribution is 0.0693. The van der Waals surface area contributed by atoms with Crippen LogP contribution in [0, 0.1) is 13.8 Å². The molecule has 0 radical (unpaired) electrons. The van der Waals surface area contributed by atoms with Gasteiger partial charge in [0.1, 0.15) is 17.1 Å². The number of aryl methyl sites for hydroxylation is 2. The van der Waals surface area contributed by atoms with Gasteiger partial charge in [-0.2, -0.15) is 0 Å². The first-order valence-corrected chi connectivity index (χ1v) is 11.0. The van der Waals surface area contributed by atoms with Crippen LogP contribution >= 0.6 is 22.9 Å². The monoisotopic (exact) mass is 476 g/mol. The Morgan fingerprint density at radius 1 is 1.31 bits per heavy atom. The summed E-state index contributed by atoms with van der Waals surface area (Å²) >= 11 is 7.89. The largest absolute Gasteiger partial charge is 0.492 e. The van der Waals surface area contributed by atoms with Gasteiger partial charge in [0.15, 0.2) is 10.4 Å². The molecule has 10 heteroatoms. The molecule has 0 aliphatic carbocycles. The highest BCUT2D eigenvalue weighted by Gasteiger charge is 2.31. The second kappa shape index (κ2) is 8.93. The second-order valence-electron chi connectivity index (χ2n) is 7.29. The molecular weight excluding hydrogens is 456 g/mol. The minimum atomic E-state index is -1.31. The maximum Gasteiger partial charge on any atom is 0.341 e. The van der Waals surface area contributed by atoms with Crippen LogP contribution in [0.5, 0.6) is 11.5 Å². The van der Waals surface area contributed by atoms with E-state index in [4.69, 9.17) is 25.8 Å². The number of aromatic carboxylic acids is 1. The van der Waals surface area contributed by atoms with E-state index in [0.29, 0.717) is 52.4 Å². The third kappa shape index (κ3) is 4.11. The average Bonchev–Trinajstić information content (AvgIpc) is 3.08. The van der Waals surface area contributed by atoms with Gasteiger partial charge in [-0.05, 0) is 19.9 Å². The van der Waals surface area contributed by atoms with Crippen molar-refractivity contribution < 1.29 is 24.1 Å². The van der Waals surface area contributed by atoms with Crippen LogP contribution in [0.1, 0.15) is 38.6 Å². The van der Waals surface area contributed by atoms with Crippen molar-refractivity contribution in [2.45, 2.75) is 26.5 Å². The maximum atomic E-state index is 12.5. The first kappa shape index (κ1) is 22.3. The Bertz CT molecular complexity index is 1230. The first-order valence-electron chi connectivity index (χ1n) is 9.86. The lowest BCUT2D eigenvalue weighted by atomic mass is 10.1. The number of pyridine rings is 1. The molecule has 32 heavy (non-hydrogen) atoms. The van der Waals surface area contributed by atoms with Crippen molar-refractivity contribution >= 4 is 28.9 Å². The fourth-order valence-electron chi connectivity index (χ4n) is 3.40. The molecule has 1 unspecified atom stereocenters. The summed E-state index contributed by atoms with van der Waals surface area (Å²) in [6, 6.07) is 4.63. The molecule has 1 aliphatic rings. The number of benzene rings is 1. The SMILES string of the molecule is COCCCOc1cc2c(cc1Cl)-c1cc(=O)c(C(=O)O)cn1C(c1nc(C)c(C)s1)O2. The fourth-order valence-corrected chi connectivity index (χ4v) is 4.57. The minimum Gasteiger partial charge on any atom is -0.492 e. The van der Waals surface area contributed by atoms with Gasteiger partial charge in [0, 0.05) is 48.9 Å². The molecule has 4 rings (SSSR count). The molecule has 3 aromatic rings. The molecule has 0 saturated carbocycles. The summed E-state index contributed by atoms with van der Waals surface area (Å²) in [6.45, 7) is 4.82. The van der Waals surface area contributed by atoms with Crippen molar-refractivity contribution in [3.8, 4) is 22.8 Å². The van der Waals surface area contributed by atoms with Crippen LogP contribution in [0.4, 0.5) is 0 Å². The molecule has 1 aromatic carbocycles. The van der Waals surface area contributed by atoms with Crippen LogP contribution in [0.15, 0.2) is 29.2 Å². The number of carbonyl (C=O) groups is 1. The maximum absolute atomic E-state index is 12.5. The molecule has 0 fully saturated rings. The predicted molar refractivity (Wildman–Crippen MR) is 120 cm³/mol. The highest BCUT2D eigenvalue weighted by molar-refractivity contribution is 7.11. The minimum absolute atomic E-state index is 0.347. The number of halogens is 1. The van der Waals surface area contributed by atoms with E-state index >= 15 is 0 Å². The zero-order valence-electron chi connectivity index (χ0n) is 17.7. The Morgan fingerprint density at radius 3 is 2.75 bits per heavy atom. The number of carboxylic acid groups (broad SMARTS) is 1. The van der Waals surface area contributed by atoms with Crippen molar-refractivity contribution in [1.29, 1.82) is 0 Å². The molecule has 0 amide bonds. The smallest absolute Gasteiger partial charge is 0.341 e. The van der Waals surface area contributed by atoms with Crippen LogP contribution in [-0.2, 0) is 4.74 Å². The van der Waals surface area contributed by atoms with E-state index in [9.17, 15) is 14.7 Å². The van der Waals surface area contributed by atoms with E-state index in [0.717, 1.165) is 10.6 Å². The molecule has 1 N–H and O–H groups in total. The highest BCUT2D eigenvalue weighted by Crippen LogP contribution is 2.45. The zero-order valence-corrected chi connectivity index (χ0v) is 19.2. The van der Waals surface area contributed by atoms with E-state index in [2.05, 4.69) is 4.98 Å². The van der Waals surface area contributed by atoms with Crippen LogP contribution in [-0.4, -0.2) is 41.0 Å². The molecule has 3 heterocycles. The first-order chi connectivity index (χ1) is 15.3. The van der Waals surface area contributed by atoms with Crippen molar-refractivity contribution in [3.05, 3.63) is 60.8 Å². The summed E-state index contributed by atoms with van der Waals surface area (Å²) in [7, 11) is 1.62. The van der Waals surface area contributed by atoms with Gasteiger partial charge in [-0.25, -0.2) is 9.78 Å². The third-order valence-electron chi connectivity index (χ3n) is 5.12. The highest BCUT2D eigenvalue weighted by atomic mass is 35.5. The molecule has 168 valence electrons. The summed E-state index contributed by atoms with van der Waals surface area (Å²) in [5.74, 6) is -0.391. The summed E-state index contributed by atoms with van der Waals surface area (Å²) < 4.78 is 18.7. The summed E-state index contributed by atoms with van der Waals surface area (Å²) in [5, 5.41) is 10.5. The lowest BCUT2D eigenvalue weighted by Gasteiger charge is -2.30. The fraction of sp³-hybridized carbons (Fsp3) is 0.318. The van der Waals surface area contributed by atoms with Gasteiger partial charge in [-0.3, -0.25) is 4.79 Å². The molecule has 2 aromatic heterocycles. The van der Waals surface area contributed by atoms with Crippen molar-refractivity contribution in [3.63, 3.8) is 0 Å². The van der Waals surface area contributed by atoms with Crippen molar-refractivity contribution in [1.82, 2.24) is 9.55 Å². The number of aromatic nitrogens is 2. The number of methoxy groups -OCH3 is 1. The lowest BCUT2D eigenvalue weighted by Crippen LogP contribution is -2.27. The Morgan fingerprint density at radius 2 is 2.09 bits per heavy atom. The van der Waals surface area contributed by atoms with Gasteiger partial charge in [0.05, 0.1) is 23.0 Å². The summed E-state index contributed by atoms with van der Waals surface area (Å²) in [6.07, 6.45) is 1.25. The van der Waals surface area contributed by atoms with Crippen LogP contribution in [0.25, 0.3) is 11.3 Å². The number of thiazole rings is 1. The van der Waals surface area contributed by atoms with Gasteiger partial charge < -0.3 is 23.9 Å². The Balaban J connectivity index is 1.84. The normalized spacial score (nSPS) is 14.4. The van der Waals surface area contributed by atoms with Gasteiger partial charge in [0.2, 0.25) is 6.23 Å². The molecular formula is C22H21ClN2O6S. The van der Waals surface area contributed by atoms with Crippen LogP contribution < -0.4 is 14.9 Å². The van der Waals surface area contributed by atoms with E-state index in [1.54, 1.807) is 23.8 Å². The summed E-state index contributed by atoms with van der Waals surface area (Å²) in [4.78, 5) is 29.7. The molecule has 1 aliphatic heterocycles. The van der Waals surface area contributed by atoms with Crippen molar-refractivity contribution in [2.75, 3.05) is 20.3 Å². The van der Waals surface area contributed by atoms with Crippen molar-refractivity contribution in [2.24, 2.45) is 0 Å². The zero-order chi connectivity index (χ0) is 23.0. The number of hydrogen-bond donors (Lipinski definition) is 1. The van der Waals surface area contributed by atoms with Gasteiger partial charge >= 0.3 is 5.97 Å². The van der Waals surface area contributed by atoms with E-state index < -0.39 is 17.6 Å². The number of nitrogens with zero attached hydrogens (tertiary/aromatic N) is 2. The van der Waals surface area contributed by atoms with E-state index in [1.807, 2.05) is 13.8 Å². The van der Waals surface area contributed by atoms with Gasteiger partial charge in [0.25, 0.3) is 0 Å². The third-order valence-corrected chi connectivity index (χ3v) is 6.52. The second-order valence-corrected chi connectivity index (χ2v) is 8.93. The number of carboxylic acids is 1. The van der Waals surface area contributed by atoms with Crippen LogP contribution in [0.2, 0.25) is 5.02 Å². The Kier molecular flexibility index (Phi) is 6.23. The molecule has 0 saturated heterocycles. The summed E-state index contributed by atoms with van der Waals surface area (Å²) in [5.41, 5.74) is 0.968. The van der Waals surface area contributed by atoms with E-state index in [-0.39, 0.29) is 5.56 Å². The van der Waals surface area contributed by atoms with E-state index in [1.165, 1.54) is 23.6 Å². The van der Waals surface area contributed by atoms with Gasteiger partial charge in [-0.1, -0.05) is 11.6 Å². The Hall–Kier alpha value is -2.88. The Labute approximate surface area is 193 Å².